The van der Waals surface area contributed by atoms with Crippen LogP contribution < -0.4 is 5.32 Å². The van der Waals surface area contributed by atoms with Crippen molar-refractivity contribution in [1.29, 1.82) is 0 Å². The molecule has 50 valence electrons. The van der Waals surface area contributed by atoms with Gasteiger partial charge in [0.1, 0.15) is 0 Å². The average molecular weight is 143 g/mol. The van der Waals surface area contributed by atoms with Crippen LogP contribution in [-0.2, 0) is 4.79 Å². The Kier molecular flexibility index (Phi) is 2.16. The lowest BCUT2D eigenvalue weighted by Crippen LogP contribution is -2.24. The van der Waals surface area contributed by atoms with Crippen molar-refractivity contribution < 1.29 is 4.79 Å². The lowest BCUT2D eigenvalue weighted by molar-refractivity contribution is -0.122. The van der Waals surface area contributed by atoms with Crippen LogP contribution in [0.1, 0.15) is 6.92 Å². The first-order valence-electron chi connectivity index (χ1n) is 2.87. The summed E-state index contributed by atoms with van der Waals surface area (Å²) in [5.41, 5.74) is 0. The van der Waals surface area contributed by atoms with E-state index in [1.165, 1.54) is 0 Å². The summed E-state index contributed by atoms with van der Waals surface area (Å²) in [5, 5.41) is 4.56. The zero-order valence-electron chi connectivity index (χ0n) is 5.26. The van der Waals surface area contributed by atoms with Crippen LogP contribution in [0, 0.1) is 5.92 Å². The maximum Gasteiger partial charge on any atom is 0.227 e. The van der Waals surface area contributed by atoms with Gasteiger partial charge in [0, 0.05) is 17.9 Å². The number of carbonyl (C=O) groups excluding carboxylic acids is 1. The van der Waals surface area contributed by atoms with Crippen molar-refractivity contribution >= 4 is 17.7 Å². The van der Waals surface area contributed by atoms with Crippen LogP contribution in [0.5, 0.6) is 0 Å². The number of amides is 1. The van der Waals surface area contributed by atoms with Crippen molar-refractivity contribution in [3.8, 4) is 0 Å². The maximum absolute atomic E-state index is 10.8. The van der Waals surface area contributed by atoms with Gasteiger partial charge in [0.2, 0.25) is 5.91 Å². The van der Waals surface area contributed by atoms with Gasteiger partial charge < -0.3 is 5.32 Å². The second-order valence-electron chi connectivity index (χ2n) is 2.05. The Morgan fingerprint density at radius 2 is 2.67 bits per heavy atom. The van der Waals surface area contributed by atoms with Crippen molar-refractivity contribution in [2.24, 2.45) is 5.92 Å². The minimum atomic E-state index is 0.122. The Hall–Kier alpha value is -0.440. The van der Waals surface area contributed by atoms with Gasteiger partial charge in [-0.15, -0.1) is 11.8 Å². The molecule has 0 aromatic heterocycles. The summed E-state index contributed by atoms with van der Waals surface area (Å²) in [7, 11) is 0. The summed E-state index contributed by atoms with van der Waals surface area (Å²) in [5.74, 6) is 1.16. The molecular formula is C6H9NOS. The molecule has 0 radical (unpaired) electrons. The van der Waals surface area contributed by atoms with Crippen LogP contribution in [0.2, 0.25) is 0 Å². The van der Waals surface area contributed by atoms with Crippen molar-refractivity contribution in [2.45, 2.75) is 6.92 Å². The van der Waals surface area contributed by atoms with E-state index in [4.69, 9.17) is 0 Å². The Morgan fingerprint density at radius 1 is 1.89 bits per heavy atom. The Labute approximate surface area is 58.7 Å². The van der Waals surface area contributed by atoms with Gasteiger partial charge >= 0.3 is 0 Å². The van der Waals surface area contributed by atoms with Gasteiger partial charge in [-0.05, 0) is 5.41 Å². The molecule has 1 N–H and O–H groups in total. The van der Waals surface area contributed by atoms with E-state index in [1.54, 1.807) is 18.0 Å². The van der Waals surface area contributed by atoms with Gasteiger partial charge in [0.15, 0.2) is 0 Å². The molecule has 1 unspecified atom stereocenters. The fourth-order valence-electron chi connectivity index (χ4n) is 0.582. The third-order valence-corrected chi connectivity index (χ3v) is 2.20. The molecule has 0 spiro atoms. The van der Waals surface area contributed by atoms with E-state index in [0.717, 1.165) is 5.75 Å². The number of nitrogens with one attached hydrogen (secondary N) is 1. The molecule has 1 heterocycles. The van der Waals surface area contributed by atoms with E-state index >= 15 is 0 Å². The molecule has 3 heteroatoms. The van der Waals surface area contributed by atoms with Crippen LogP contribution in [0.4, 0.5) is 0 Å². The highest BCUT2D eigenvalue weighted by molar-refractivity contribution is 8.02. The van der Waals surface area contributed by atoms with E-state index < -0.39 is 0 Å². The van der Waals surface area contributed by atoms with Crippen LogP contribution in [-0.4, -0.2) is 11.7 Å². The average Bonchev–Trinajstić information content (AvgIpc) is 1.99. The van der Waals surface area contributed by atoms with E-state index in [0.29, 0.717) is 0 Å². The van der Waals surface area contributed by atoms with E-state index in [9.17, 15) is 4.79 Å². The number of rotatable bonds is 0. The van der Waals surface area contributed by atoms with Gasteiger partial charge in [0.05, 0.1) is 0 Å². The minimum absolute atomic E-state index is 0.122. The molecule has 0 aromatic carbocycles. The molecule has 0 fully saturated rings. The molecule has 9 heavy (non-hydrogen) atoms. The third kappa shape index (κ3) is 1.75. The van der Waals surface area contributed by atoms with Crippen LogP contribution in [0.3, 0.4) is 0 Å². The predicted octanol–water partition coefficient (Wildman–Crippen LogP) is 0.957. The molecule has 1 atom stereocenters. The van der Waals surface area contributed by atoms with Gasteiger partial charge in [-0.25, -0.2) is 0 Å². The number of hydrogen-bond acceptors (Lipinski definition) is 2. The molecule has 1 aliphatic heterocycles. The second kappa shape index (κ2) is 2.92. The summed E-state index contributed by atoms with van der Waals surface area (Å²) in [6.45, 7) is 1.93. The predicted molar refractivity (Wildman–Crippen MR) is 38.9 cm³/mol. The molecule has 1 amide bonds. The highest BCUT2D eigenvalue weighted by Crippen LogP contribution is 2.11. The SMILES string of the molecule is CC1CSC=CNC1=O. The van der Waals surface area contributed by atoms with Gasteiger partial charge in [-0.3, -0.25) is 4.79 Å². The molecule has 2 nitrogen and oxygen atoms in total. The quantitative estimate of drug-likeness (QED) is 0.547. The van der Waals surface area contributed by atoms with Crippen molar-refractivity contribution in [2.75, 3.05) is 5.75 Å². The van der Waals surface area contributed by atoms with Gasteiger partial charge in [-0.1, -0.05) is 6.92 Å². The molecule has 0 aromatic rings. The zero-order chi connectivity index (χ0) is 6.69. The summed E-state index contributed by atoms with van der Waals surface area (Å²) in [6.07, 6.45) is 1.69. The lowest BCUT2D eigenvalue weighted by atomic mass is 10.2. The largest absolute Gasteiger partial charge is 0.332 e. The van der Waals surface area contributed by atoms with E-state index in [-0.39, 0.29) is 11.8 Å². The Morgan fingerprint density at radius 3 is 3.44 bits per heavy atom. The van der Waals surface area contributed by atoms with Crippen LogP contribution >= 0.6 is 11.8 Å². The zero-order valence-corrected chi connectivity index (χ0v) is 6.07. The first-order valence-corrected chi connectivity index (χ1v) is 3.92. The van der Waals surface area contributed by atoms with Crippen molar-refractivity contribution in [3.05, 3.63) is 11.6 Å². The van der Waals surface area contributed by atoms with Crippen molar-refractivity contribution in [3.63, 3.8) is 0 Å². The molecule has 1 aliphatic rings. The van der Waals surface area contributed by atoms with Crippen molar-refractivity contribution in [1.82, 2.24) is 5.32 Å². The lowest BCUT2D eigenvalue weighted by Gasteiger charge is -2.02. The fourth-order valence-corrected chi connectivity index (χ4v) is 1.30. The highest BCUT2D eigenvalue weighted by Gasteiger charge is 2.11. The molecular weight excluding hydrogens is 134 g/mol. The monoisotopic (exact) mass is 143 g/mol. The maximum atomic E-state index is 10.8. The smallest absolute Gasteiger partial charge is 0.227 e. The first kappa shape index (κ1) is 6.68. The molecule has 1 rings (SSSR count). The highest BCUT2D eigenvalue weighted by atomic mass is 32.2. The standard InChI is InChI=1S/C6H9NOS/c1-5-4-9-3-2-7-6(5)8/h2-3,5H,4H2,1H3,(H,7,8). The van der Waals surface area contributed by atoms with E-state index in [2.05, 4.69) is 5.32 Å². The molecule has 0 saturated carbocycles. The van der Waals surface area contributed by atoms with Gasteiger partial charge in [0.25, 0.3) is 0 Å². The molecule has 0 aliphatic carbocycles. The summed E-state index contributed by atoms with van der Waals surface area (Å²) < 4.78 is 0. The molecule has 0 saturated heterocycles. The molecule has 0 bridgehead atoms. The second-order valence-corrected chi connectivity index (χ2v) is 2.98. The Bertz CT molecular complexity index is 144. The topological polar surface area (TPSA) is 29.1 Å². The number of hydrogen-bond donors (Lipinski definition) is 1. The normalized spacial score (nSPS) is 27.2. The van der Waals surface area contributed by atoms with Gasteiger partial charge in [-0.2, -0.15) is 0 Å². The van der Waals surface area contributed by atoms with Crippen LogP contribution in [0.25, 0.3) is 0 Å². The van der Waals surface area contributed by atoms with Crippen LogP contribution in [0.15, 0.2) is 11.6 Å². The Balaban J connectivity index is 2.52. The van der Waals surface area contributed by atoms with E-state index in [1.807, 2.05) is 12.3 Å². The minimum Gasteiger partial charge on any atom is -0.332 e. The number of carbonyl (C=O) groups is 1. The first-order chi connectivity index (χ1) is 4.30. The fraction of sp³-hybridized carbons (Fsp3) is 0.500. The summed E-state index contributed by atoms with van der Waals surface area (Å²) in [6, 6.07) is 0. The summed E-state index contributed by atoms with van der Waals surface area (Å²) >= 11 is 1.66. The third-order valence-electron chi connectivity index (χ3n) is 1.18. The number of thioether (sulfide) groups is 1. The summed E-state index contributed by atoms with van der Waals surface area (Å²) in [4.78, 5) is 10.8.